The molecule has 0 unspecified atom stereocenters. The minimum Gasteiger partial charge on any atom is -0.311 e. The lowest BCUT2D eigenvalue weighted by atomic mass is 10.2. The average Bonchev–Trinajstić information content (AvgIpc) is 2.97. The van der Waals surface area contributed by atoms with Gasteiger partial charge in [0.2, 0.25) is 0 Å². The van der Waals surface area contributed by atoms with Crippen LogP contribution in [0.15, 0.2) is 42.5 Å². The van der Waals surface area contributed by atoms with Crippen molar-refractivity contribution in [3.63, 3.8) is 0 Å². The molecule has 0 saturated carbocycles. The number of benzene rings is 1. The third-order valence-corrected chi connectivity index (χ3v) is 4.65. The predicted octanol–water partition coefficient (Wildman–Crippen LogP) is 3.85. The molecule has 20 heavy (non-hydrogen) atoms. The first-order valence-electron chi connectivity index (χ1n) is 7.40. The Morgan fingerprint density at radius 1 is 1.00 bits per heavy atom. The van der Waals surface area contributed by atoms with Crippen molar-refractivity contribution in [2.24, 2.45) is 0 Å². The summed E-state index contributed by atoms with van der Waals surface area (Å²) in [6.45, 7) is 9.86. The minimum absolute atomic E-state index is 0.971. The van der Waals surface area contributed by atoms with Gasteiger partial charge in [-0.2, -0.15) is 0 Å². The summed E-state index contributed by atoms with van der Waals surface area (Å²) in [5.74, 6) is 0. The molecule has 1 aromatic carbocycles. The van der Waals surface area contributed by atoms with Crippen LogP contribution in [-0.4, -0.2) is 31.1 Å². The highest BCUT2D eigenvalue weighted by Gasteiger charge is 2.03. The van der Waals surface area contributed by atoms with Crippen LogP contribution in [0.1, 0.15) is 18.7 Å². The first kappa shape index (κ1) is 15.2. The van der Waals surface area contributed by atoms with E-state index in [0.29, 0.717) is 0 Å². The van der Waals surface area contributed by atoms with E-state index in [1.54, 1.807) is 0 Å². The average molecular weight is 288 g/mol. The quantitative estimate of drug-likeness (QED) is 0.742. The number of hydrogen-bond donors (Lipinski definition) is 1. The van der Waals surface area contributed by atoms with Crippen LogP contribution in [-0.2, 0) is 6.54 Å². The van der Waals surface area contributed by atoms with Crippen molar-refractivity contribution >= 4 is 11.3 Å². The normalized spacial score (nSPS) is 11.2. The summed E-state index contributed by atoms with van der Waals surface area (Å²) in [5.41, 5.74) is 1.31. The van der Waals surface area contributed by atoms with Gasteiger partial charge in [-0.05, 0) is 30.8 Å². The molecule has 1 aromatic heterocycles. The maximum Gasteiger partial charge on any atom is 0.0346 e. The molecule has 108 valence electrons. The Kier molecular flexibility index (Phi) is 6.25. The van der Waals surface area contributed by atoms with Gasteiger partial charge in [-0.15, -0.1) is 11.3 Å². The molecule has 2 aromatic rings. The first-order chi connectivity index (χ1) is 9.83. The van der Waals surface area contributed by atoms with Crippen LogP contribution in [0.3, 0.4) is 0 Å². The van der Waals surface area contributed by atoms with E-state index in [0.717, 1.165) is 32.7 Å². The van der Waals surface area contributed by atoms with Gasteiger partial charge in [0.25, 0.3) is 0 Å². The van der Waals surface area contributed by atoms with Crippen molar-refractivity contribution in [1.29, 1.82) is 0 Å². The highest BCUT2D eigenvalue weighted by Crippen LogP contribution is 2.27. The summed E-state index contributed by atoms with van der Waals surface area (Å²) in [5, 5.41) is 3.53. The van der Waals surface area contributed by atoms with E-state index in [2.05, 4.69) is 66.5 Å². The number of rotatable bonds is 8. The van der Waals surface area contributed by atoms with Crippen LogP contribution in [0.5, 0.6) is 0 Å². The molecular formula is C17H24N2S. The van der Waals surface area contributed by atoms with E-state index in [1.807, 2.05) is 11.3 Å². The number of nitrogens with one attached hydrogen (secondary N) is 1. The second-order valence-corrected chi connectivity index (χ2v) is 6.00. The topological polar surface area (TPSA) is 15.3 Å². The van der Waals surface area contributed by atoms with Gasteiger partial charge in [-0.3, -0.25) is 0 Å². The third-order valence-electron chi connectivity index (χ3n) is 3.52. The molecule has 0 aliphatic heterocycles. The van der Waals surface area contributed by atoms with Crippen molar-refractivity contribution in [3.8, 4) is 10.4 Å². The lowest BCUT2D eigenvalue weighted by Crippen LogP contribution is -2.31. The van der Waals surface area contributed by atoms with Crippen LogP contribution in [0.2, 0.25) is 0 Å². The van der Waals surface area contributed by atoms with Gasteiger partial charge in [-0.1, -0.05) is 44.2 Å². The molecule has 1 heterocycles. The monoisotopic (exact) mass is 288 g/mol. The van der Waals surface area contributed by atoms with E-state index >= 15 is 0 Å². The summed E-state index contributed by atoms with van der Waals surface area (Å²) in [6.07, 6.45) is 0. The Morgan fingerprint density at radius 2 is 1.75 bits per heavy atom. The van der Waals surface area contributed by atoms with Crippen LogP contribution in [0, 0.1) is 0 Å². The standard InChI is InChI=1S/C17H24N2S/c1-3-19(4-2)13-12-18-14-16-10-11-17(20-16)15-8-6-5-7-9-15/h5-11,18H,3-4,12-14H2,1-2H3. The Morgan fingerprint density at radius 3 is 2.45 bits per heavy atom. The van der Waals surface area contributed by atoms with Gasteiger partial charge in [0.15, 0.2) is 0 Å². The van der Waals surface area contributed by atoms with Gasteiger partial charge in [-0.25, -0.2) is 0 Å². The summed E-state index contributed by atoms with van der Waals surface area (Å²) < 4.78 is 0. The fourth-order valence-corrected chi connectivity index (χ4v) is 3.20. The number of thiophene rings is 1. The number of likely N-dealkylation sites (N-methyl/N-ethyl adjacent to an activating group) is 1. The lowest BCUT2D eigenvalue weighted by Gasteiger charge is -2.17. The predicted molar refractivity (Wildman–Crippen MR) is 89.2 cm³/mol. The summed E-state index contributed by atoms with van der Waals surface area (Å²) in [6, 6.07) is 15.0. The number of nitrogens with zero attached hydrogens (tertiary/aromatic N) is 1. The molecule has 0 aliphatic rings. The summed E-state index contributed by atoms with van der Waals surface area (Å²) in [4.78, 5) is 5.20. The van der Waals surface area contributed by atoms with Crippen molar-refractivity contribution in [1.82, 2.24) is 10.2 Å². The van der Waals surface area contributed by atoms with Crippen molar-refractivity contribution < 1.29 is 0 Å². The molecule has 2 rings (SSSR count). The van der Waals surface area contributed by atoms with Gasteiger partial charge in [0.1, 0.15) is 0 Å². The minimum atomic E-state index is 0.971. The van der Waals surface area contributed by atoms with Gasteiger partial charge >= 0.3 is 0 Å². The molecule has 1 N–H and O–H groups in total. The highest BCUT2D eigenvalue weighted by atomic mass is 32.1. The third kappa shape index (κ3) is 4.44. The van der Waals surface area contributed by atoms with Crippen LogP contribution in [0.4, 0.5) is 0 Å². The Balaban J connectivity index is 1.79. The smallest absolute Gasteiger partial charge is 0.0346 e. The van der Waals surface area contributed by atoms with E-state index in [-0.39, 0.29) is 0 Å². The SMILES string of the molecule is CCN(CC)CCNCc1ccc(-c2ccccc2)s1. The van der Waals surface area contributed by atoms with Gasteiger partial charge in [0.05, 0.1) is 0 Å². The first-order valence-corrected chi connectivity index (χ1v) is 8.22. The van der Waals surface area contributed by atoms with Crippen LogP contribution >= 0.6 is 11.3 Å². The van der Waals surface area contributed by atoms with Crippen LogP contribution in [0.25, 0.3) is 10.4 Å². The fourth-order valence-electron chi connectivity index (χ4n) is 2.22. The zero-order chi connectivity index (χ0) is 14.2. The van der Waals surface area contributed by atoms with E-state index in [4.69, 9.17) is 0 Å². The molecule has 0 aliphatic carbocycles. The molecular weight excluding hydrogens is 264 g/mol. The zero-order valence-electron chi connectivity index (χ0n) is 12.4. The molecule has 0 saturated heterocycles. The molecule has 0 radical (unpaired) electrons. The van der Waals surface area contributed by atoms with Gasteiger partial charge in [0, 0.05) is 29.4 Å². The van der Waals surface area contributed by atoms with E-state index < -0.39 is 0 Å². The maximum atomic E-state index is 3.53. The molecule has 0 bridgehead atoms. The van der Waals surface area contributed by atoms with E-state index in [1.165, 1.54) is 15.3 Å². The highest BCUT2D eigenvalue weighted by molar-refractivity contribution is 7.15. The molecule has 0 spiro atoms. The summed E-state index contributed by atoms with van der Waals surface area (Å²) in [7, 11) is 0. The fraction of sp³-hybridized carbons (Fsp3) is 0.412. The van der Waals surface area contributed by atoms with Crippen molar-refractivity contribution in [2.75, 3.05) is 26.2 Å². The van der Waals surface area contributed by atoms with Gasteiger partial charge < -0.3 is 10.2 Å². The maximum absolute atomic E-state index is 3.53. The second kappa shape index (κ2) is 8.20. The lowest BCUT2D eigenvalue weighted by molar-refractivity contribution is 0.302. The van der Waals surface area contributed by atoms with Crippen molar-refractivity contribution in [3.05, 3.63) is 47.3 Å². The van der Waals surface area contributed by atoms with Crippen molar-refractivity contribution in [2.45, 2.75) is 20.4 Å². The Hall–Kier alpha value is -1.16. The Bertz CT molecular complexity index is 489. The molecule has 0 amide bonds. The second-order valence-electron chi connectivity index (χ2n) is 4.84. The zero-order valence-corrected chi connectivity index (χ0v) is 13.2. The largest absolute Gasteiger partial charge is 0.311 e. The van der Waals surface area contributed by atoms with E-state index in [9.17, 15) is 0 Å². The Labute approximate surface area is 126 Å². The molecule has 2 nitrogen and oxygen atoms in total. The molecule has 3 heteroatoms. The summed E-state index contributed by atoms with van der Waals surface area (Å²) >= 11 is 1.88. The van der Waals surface area contributed by atoms with Crippen LogP contribution < -0.4 is 5.32 Å². The molecule has 0 fully saturated rings. The molecule has 0 atom stereocenters. The number of hydrogen-bond acceptors (Lipinski definition) is 3.